The van der Waals surface area contributed by atoms with Gasteiger partial charge >= 0.3 is 0 Å². The maximum absolute atomic E-state index is 8.94. The van der Waals surface area contributed by atoms with Gasteiger partial charge in [0.1, 0.15) is 5.75 Å². The lowest BCUT2D eigenvalue weighted by Crippen LogP contribution is -1.94. The van der Waals surface area contributed by atoms with Crippen molar-refractivity contribution < 1.29 is 9.84 Å². The first-order chi connectivity index (χ1) is 5.70. The molecule has 0 heterocycles. The van der Waals surface area contributed by atoms with Crippen LogP contribution in [0.5, 0.6) is 5.75 Å². The zero-order valence-corrected chi connectivity index (χ0v) is 7.85. The summed E-state index contributed by atoms with van der Waals surface area (Å²) in [5.74, 6) is 0.671. The Morgan fingerprint density at radius 3 is 2.67 bits per heavy atom. The zero-order chi connectivity index (χ0) is 9.14. The molecule has 0 aliphatic carbocycles. The van der Waals surface area contributed by atoms with Crippen molar-refractivity contribution >= 4 is 11.6 Å². The third kappa shape index (κ3) is 1.54. The Bertz CT molecular complexity index is 284. The molecule has 66 valence electrons. The third-order valence-electron chi connectivity index (χ3n) is 1.80. The van der Waals surface area contributed by atoms with Crippen LogP contribution in [0.2, 0.25) is 5.02 Å². The predicted molar refractivity (Wildman–Crippen MR) is 48.7 cm³/mol. The quantitative estimate of drug-likeness (QED) is 0.767. The normalized spacial score (nSPS) is 10.0. The summed E-state index contributed by atoms with van der Waals surface area (Å²) in [6.45, 7) is 1.83. The van der Waals surface area contributed by atoms with E-state index in [4.69, 9.17) is 21.4 Å². The molecule has 0 amide bonds. The largest absolute Gasteiger partial charge is 0.496 e. The molecule has 0 bridgehead atoms. The Hall–Kier alpha value is -0.730. The number of ether oxygens (including phenoxy) is 1. The van der Waals surface area contributed by atoms with E-state index >= 15 is 0 Å². The second kappa shape index (κ2) is 3.78. The van der Waals surface area contributed by atoms with Crippen LogP contribution in [0.4, 0.5) is 0 Å². The van der Waals surface area contributed by atoms with Crippen LogP contribution < -0.4 is 4.74 Å². The average Bonchev–Trinajstić information content (AvgIpc) is 2.09. The number of benzene rings is 1. The zero-order valence-electron chi connectivity index (χ0n) is 7.10. The van der Waals surface area contributed by atoms with Gasteiger partial charge in [-0.3, -0.25) is 0 Å². The van der Waals surface area contributed by atoms with Gasteiger partial charge in [-0.1, -0.05) is 17.7 Å². The fraction of sp³-hybridized carbons (Fsp3) is 0.333. The summed E-state index contributed by atoms with van der Waals surface area (Å²) in [5, 5.41) is 9.60. The smallest absolute Gasteiger partial charge is 0.128 e. The van der Waals surface area contributed by atoms with Crippen LogP contribution in [0.1, 0.15) is 11.1 Å². The lowest BCUT2D eigenvalue weighted by Gasteiger charge is -2.10. The van der Waals surface area contributed by atoms with Crippen molar-refractivity contribution in [2.24, 2.45) is 0 Å². The van der Waals surface area contributed by atoms with Crippen LogP contribution in [0.25, 0.3) is 0 Å². The highest BCUT2D eigenvalue weighted by atomic mass is 35.5. The van der Waals surface area contributed by atoms with Crippen LogP contribution >= 0.6 is 11.6 Å². The maximum atomic E-state index is 8.94. The van der Waals surface area contributed by atoms with E-state index in [9.17, 15) is 0 Å². The lowest BCUT2D eigenvalue weighted by atomic mass is 10.1. The van der Waals surface area contributed by atoms with Crippen molar-refractivity contribution in [1.82, 2.24) is 0 Å². The van der Waals surface area contributed by atoms with Crippen LogP contribution in [-0.2, 0) is 6.61 Å². The molecule has 1 aromatic carbocycles. The van der Waals surface area contributed by atoms with Gasteiger partial charge in [-0.15, -0.1) is 0 Å². The molecular weight excluding hydrogens is 176 g/mol. The van der Waals surface area contributed by atoms with Gasteiger partial charge < -0.3 is 9.84 Å². The Labute approximate surface area is 76.7 Å². The summed E-state index contributed by atoms with van der Waals surface area (Å²) in [7, 11) is 1.57. The highest BCUT2D eigenvalue weighted by Crippen LogP contribution is 2.29. The number of hydrogen-bond donors (Lipinski definition) is 1. The molecule has 0 saturated carbocycles. The number of aliphatic hydroxyl groups excluding tert-OH is 1. The van der Waals surface area contributed by atoms with E-state index in [0.29, 0.717) is 10.8 Å². The van der Waals surface area contributed by atoms with Gasteiger partial charge in [0.05, 0.1) is 13.7 Å². The molecule has 0 fully saturated rings. The van der Waals surface area contributed by atoms with Gasteiger partial charge in [-0.05, 0) is 13.0 Å². The van der Waals surface area contributed by atoms with E-state index in [-0.39, 0.29) is 6.61 Å². The van der Waals surface area contributed by atoms with E-state index < -0.39 is 0 Å². The molecule has 0 unspecified atom stereocenters. The van der Waals surface area contributed by atoms with E-state index in [2.05, 4.69) is 0 Å². The molecule has 0 atom stereocenters. The Kier molecular flexibility index (Phi) is 2.95. The first-order valence-electron chi connectivity index (χ1n) is 3.63. The number of hydrogen-bond acceptors (Lipinski definition) is 2. The highest BCUT2D eigenvalue weighted by Gasteiger charge is 2.07. The molecule has 0 radical (unpaired) electrons. The van der Waals surface area contributed by atoms with Crippen molar-refractivity contribution in [3.05, 3.63) is 28.3 Å². The molecule has 1 rings (SSSR count). The minimum absolute atomic E-state index is 0.0266. The summed E-state index contributed by atoms with van der Waals surface area (Å²) in [6, 6.07) is 3.51. The Morgan fingerprint density at radius 2 is 2.17 bits per heavy atom. The average molecular weight is 187 g/mol. The molecule has 0 saturated heterocycles. The first-order valence-corrected chi connectivity index (χ1v) is 4.01. The van der Waals surface area contributed by atoms with Crippen molar-refractivity contribution in [2.45, 2.75) is 13.5 Å². The second-order valence-electron chi connectivity index (χ2n) is 2.52. The van der Waals surface area contributed by atoms with Crippen LogP contribution in [-0.4, -0.2) is 12.2 Å². The summed E-state index contributed by atoms with van der Waals surface area (Å²) in [5.41, 5.74) is 1.63. The molecule has 0 aromatic heterocycles. The number of aliphatic hydroxyl groups is 1. The molecule has 2 nitrogen and oxygen atoms in total. The molecule has 0 aliphatic rings. The highest BCUT2D eigenvalue weighted by molar-refractivity contribution is 6.31. The van der Waals surface area contributed by atoms with Gasteiger partial charge in [0, 0.05) is 16.1 Å². The van der Waals surface area contributed by atoms with Crippen LogP contribution in [0, 0.1) is 6.92 Å². The second-order valence-corrected chi connectivity index (χ2v) is 2.93. The molecule has 0 aliphatic heterocycles. The van der Waals surface area contributed by atoms with Crippen molar-refractivity contribution in [1.29, 1.82) is 0 Å². The number of rotatable bonds is 2. The topological polar surface area (TPSA) is 29.5 Å². The van der Waals surface area contributed by atoms with Crippen molar-refractivity contribution in [3.63, 3.8) is 0 Å². The van der Waals surface area contributed by atoms with E-state index in [0.717, 1.165) is 11.1 Å². The fourth-order valence-corrected chi connectivity index (χ4v) is 1.28. The lowest BCUT2D eigenvalue weighted by molar-refractivity contribution is 0.273. The SMILES string of the molecule is COc1c(CO)ccc(Cl)c1C. The minimum Gasteiger partial charge on any atom is -0.496 e. The molecule has 1 aromatic rings. The summed E-state index contributed by atoms with van der Waals surface area (Å²) < 4.78 is 5.10. The standard InChI is InChI=1S/C9H11ClO2/c1-6-8(10)4-3-7(5-11)9(6)12-2/h3-4,11H,5H2,1-2H3. The van der Waals surface area contributed by atoms with E-state index in [1.54, 1.807) is 19.2 Å². The molecule has 1 N–H and O–H groups in total. The number of methoxy groups -OCH3 is 1. The minimum atomic E-state index is -0.0266. The summed E-state index contributed by atoms with van der Waals surface area (Å²) in [6.07, 6.45) is 0. The Balaban J connectivity index is 3.25. The van der Waals surface area contributed by atoms with Crippen molar-refractivity contribution in [2.75, 3.05) is 7.11 Å². The Morgan fingerprint density at radius 1 is 1.50 bits per heavy atom. The summed E-state index contributed by atoms with van der Waals surface area (Å²) >= 11 is 5.86. The molecule has 0 spiro atoms. The van der Waals surface area contributed by atoms with Gasteiger partial charge in [0.2, 0.25) is 0 Å². The van der Waals surface area contributed by atoms with Gasteiger partial charge in [0.25, 0.3) is 0 Å². The molecule has 3 heteroatoms. The van der Waals surface area contributed by atoms with Crippen LogP contribution in [0.15, 0.2) is 12.1 Å². The number of halogens is 1. The summed E-state index contributed by atoms with van der Waals surface area (Å²) in [4.78, 5) is 0. The van der Waals surface area contributed by atoms with Crippen molar-refractivity contribution in [3.8, 4) is 5.75 Å². The molecular formula is C9H11ClO2. The van der Waals surface area contributed by atoms with Gasteiger partial charge in [-0.2, -0.15) is 0 Å². The third-order valence-corrected chi connectivity index (χ3v) is 2.21. The van der Waals surface area contributed by atoms with Crippen LogP contribution in [0.3, 0.4) is 0 Å². The first kappa shape index (κ1) is 9.36. The monoisotopic (exact) mass is 186 g/mol. The van der Waals surface area contributed by atoms with E-state index in [1.165, 1.54) is 0 Å². The van der Waals surface area contributed by atoms with E-state index in [1.807, 2.05) is 6.92 Å². The fourth-order valence-electron chi connectivity index (χ4n) is 1.13. The van der Waals surface area contributed by atoms with Gasteiger partial charge in [0.15, 0.2) is 0 Å². The predicted octanol–water partition coefficient (Wildman–Crippen LogP) is 2.15. The maximum Gasteiger partial charge on any atom is 0.128 e. The molecule has 12 heavy (non-hydrogen) atoms. The van der Waals surface area contributed by atoms with Gasteiger partial charge in [-0.25, -0.2) is 0 Å².